The van der Waals surface area contributed by atoms with Crippen molar-refractivity contribution in [1.82, 2.24) is 0 Å². The minimum atomic E-state index is -0.566. The van der Waals surface area contributed by atoms with Crippen molar-refractivity contribution < 1.29 is 9.31 Å². The largest absolute Gasteiger partial charge is 0.369 e. The van der Waals surface area contributed by atoms with E-state index < -0.39 is 10.7 Å². The summed E-state index contributed by atoms with van der Waals surface area (Å²) in [6.07, 6.45) is 1.87. The third-order valence-electron chi connectivity index (χ3n) is 5.81. The number of nitrogens with zero attached hydrogens (tertiary/aromatic N) is 2. The number of non-ortho nitro benzene ring substituents is 1. The van der Waals surface area contributed by atoms with Gasteiger partial charge in [-0.15, -0.1) is 0 Å². The van der Waals surface area contributed by atoms with Crippen molar-refractivity contribution in [2.45, 2.75) is 18.8 Å². The van der Waals surface area contributed by atoms with Gasteiger partial charge in [-0.05, 0) is 36.0 Å². The van der Waals surface area contributed by atoms with Crippen molar-refractivity contribution in [3.8, 4) is 0 Å². The Morgan fingerprint density at radius 3 is 1.93 bits per heavy atom. The van der Waals surface area contributed by atoms with Gasteiger partial charge in [-0.2, -0.15) is 0 Å². The Labute approximate surface area is 169 Å². The second-order valence-corrected chi connectivity index (χ2v) is 7.52. The Kier molecular flexibility index (Phi) is 5.56. The number of benzene rings is 3. The highest BCUT2D eigenvalue weighted by molar-refractivity contribution is 5.52. The van der Waals surface area contributed by atoms with Gasteiger partial charge in [-0.1, -0.05) is 60.7 Å². The second-order valence-electron chi connectivity index (χ2n) is 7.52. The molecule has 4 nitrogen and oxygen atoms in total. The summed E-state index contributed by atoms with van der Waals surface area (Å²) in [6, 6.07) is 25.0. The highest BCUT2D eigenvalue weighted by Gasteiger charge is 2.30. The van der Waals surface area contributed by atoms with E-state index in [0.717, 1.165) is 32.0 Å². The molecule has 0 atom stereocenters. The van der Waals surface area contributed by atoms with E-state index >= 15 is 0 Å². The van der Waals surface area contributed by atoms with E-state index in [4.69, 9.17) is 0 Å². The summed E-state index contributed by atoms with van der Waals surface area (Å²) in [4.78, 5) is 12.3. The van der Waals surface area contributed by atoms with Crippen LogP contribution in [0.2, 0.25) is 0 Å². The van der Waals surface area contributed by atoms with Crippen LogP contribution >= 0.6 is 0 Å². The molecule has 29 heavy (non-hydrogen) atoms. The van der Waals surface area contributed by atoms with Crippen LogP contribution in [0.15, 0.2) is 78.9 Å². The fourth-order valence-electron chi connectivity index (χ4n) is 4.40. The predicted molar refractivity (Wildman–Crippen MR) is 113 cm³/mol. The molecule has 0 spiro atoms. The topological polar surface area (TPSA) is 46.4 Å². The third kappa shape index (κ3) is 4.14. The monoisotopic (exact) mass is 390 g/mol. The van der Waals surface area contributed by atoms with Crippen LogP contribution in [0.5, 0.6) is 0 Å². The molecule has 3 aromatic carbocycles. The molecular formula is C24H23FN2O2. The summed E-state index contributed by atoms with van der Waals surface area (Å²) in [5.41, 5.74) is 2.84. The first kappa shape index (κ1) is 19.1. The molecule has 1 aliphatic heterocycles. The van der Waals surface area contributed by atoms with E-state index in [-0.39, 0.29) is 5.69 Å². The fraction of sp³-hybridized carbons (Fsp3) is 0.250. The first-order valence-corrected chi connectivity index (χ1v) is 9.92. The van der Waals surface area contributed by atoms with Gasteiger partial charge in [0.1, 0.15) is 0 Å². The van der Waals surface area contributed by atoms with E-state index in [1.807, 2.05) is 17.0 Å². The Morgan fingerprint density at radius 1 is 0.897 bits per heavy atom. The maximum absolute atomic E-state index is 14.4. The zero-order chi connectivity index (χ0) is 20.2. The van der Waals surface area contributed by atoms with E-state index in [1.54, 1.807) is 0 Å². The standard InChI is InChI=1S/C24H23FN2O2/c25-22-17-21(27(28)29)11-12-23(22)26-15-13-20(14-16-26)24(18-7-3-1-4-8-18)19-9-5-2-6-10-19/h1-12,17,20,24H,13-16H2. The zero-order valence-electron chi connectivity index (χ0n) is 16.1. The average molecular weight is 390 g/mol. The van der Waals surface area contributed by atoms with Gasteiger partial charge in [-0.3, -0.25) is 10.1 Å². The van der Waals surface area contributed by atoms with Crippen LogP contribution < -0.4 is 4.90 Å². The maximum atomic E-state index is 14.4. The Morgan fingerprint density at radius 2 is 1.45 bits per heavy atom. The molecule has 0 N–H and O–H groups in total. The first-order valence-electron chi connectivity index (χ1n) is 9.92. The zero-order valence-corrected chi connectivity index (χ0v) is 16.1. The lowest BCUT2D eigenvalue weighted by atomic mass is 9.76. The van der Waals surface area contributed by atoms with Crippen LogP contribution in [0.4, 0.5) is 15.8 Å². The number of hydrogen-bond acceptors (Lipinski definition) is 3. The molecule has 0 aliphatic carbocycles. The minimum Gasteiger partial charge on any atom is -0.369 e. The minimum absolute atomic E-state index is 0.214. The number of halogens is 1. The molecule has 1 heterocycles. The van der Waals surface area contributed by atoms with Gasteiger partial charge in [0.05, 0.1) is 16.7 Å². The first-order chi connectivity index (χ1) is 14.1. The Balaban J connectivity index is 1.54. The van der Waals surface area contributed by atoms with Gasteiger partial charge in [0.2, 0.25) is 0 Å². The Hall–Kier alpha value is -3.21. The van der Waals surface area contributed by atoms with E-state index in [1.165, 1.54) is 23.3 Å². The summed E-state index contributed by atoms with van der Waals surface area (Å²) in [7, 11) is 0. The quantitative estimate of drug-likeness (QED) is 0.410. The molecule has 0 aromatic heterocycles. The predicted octanol–water partition coefficient (Wildman–Crippen LogP) is 5.78. The van der Waals surface area contributed by atoms with Crippen molar-refractivity contribution in [1.29, 1.82) is 0 Å². The van der Waals surface area contributed by atoms with Gasteiger partial charge in [0, 0.05) is 25.1 Å². The van der Waals surface area contributed by atoms with Crippen molar-refractivity contribution in [3.63, 3.8) is 0 Å². The normalized spacial score (nSPS) is 14.9. The highest BCUT2D eigenvalue weighted by atomic mass is 19.1. The van der Waals surface area contributed by atoms with Crippen LogP contribution in [0.3, 0.4) is 0 Å². The SMILES string of the molecule is O=[N+]([O-])c1ccc(N2CCC(C(c3ccccc3)c3ccccc3)CC2)c(F)c1. The summed E-state index contributed by atoms with van der Waals surface area (Å²) >= 11 is 0. The molecule has 0 unspecified atom stereocenters. The molecule has 5 heteroatoms. The molecule has 3 aromatic rings. The summed E-state index contributed by atoms with van der Waals surface area (Å²) in [5, 5.41) is 10.9. The average Bonchev–Trinajstić information content (AvgIpc) is 2.76. The van der Waals surface area contributed by atoms with E-state index in [9.17, 15) is 14.5 Å². The molecule has 4 rings (SSSR count). The van der Waals surface area contributed by atoms with Gasteiger partial charge in [-0.25, -0.2) is 4.39 Å². The number of anilines is 1. The third-order valence-corrected chi connectivity index (χ3v) is 5.81. The van der Waals surface area contributed by atoms with Gasteiger partial charge in [0.25, 0.3) is 5.69 Å². The van der Waals surface area contributed by atoms with Crippen LogP contribution in [0.25, 0.3) is 0 Å². The van der Waals surface area contributed by atoms with Crippen LogP contribution in [-0.4, -0.2) is 18.0 Å². The summed E-state index contributed by atoms with van der Waals surface area (Å²) in [5.74, 6) is 0.235. The lowest BCUT2D eigenvalue weighted by Crippen LogP contribution is -2.36. The number of nitro groups is 1. The fourth-order valence-corrected chi connectivity index (χ4v) is 4.40. The highest BCUT2D eigenvalue weighted by Crippen LogP contribution is 2.39. The molecular weight excluding hydrogens is 367 g/mol. The summed E-state index contributed by atoms with van der Waals surface area (Å²) < 4.78 is 14.4. The molecule has 0 amide bonds. The number of piperidine rings is 1. The van der Waals surface area contributed by atoms with Crippen LogP contribution in [-0.2, 0) is 0 Å². The maximum Gasteiger partial charge on any atom is 0.272 e. The van der Waals surface area contributed by atoms with Crippen molar-refractivity contribution in [2.24, 2.45) is 5.92 Å². The van der Waals surface area contributed by atoms with E-state index in [2.05, 4.69) is 48.5 Å². The lowest BCUT2D eigenvalue weighted by Gasteiger charge is -2.38. The molecule has 1 aliphatic rings. The van der Waals surface area contributed by atoms with Crippen molar-refractivity contribution in [3.05, 3.63) is 106 Å². The molecule has 0 saturated carbocycles. The van der Waals surface area contributed by atoms with Crippen LogP contribution in [0.1, 0.15) is 29.9 Å². The molecule has 148 valence electrons. The van der Waals surface area contributed by atoms with Crippen LogP contribution in [0, 0.1) is 21.8 Å². The van der Waals surface area contributed by atoms with Gasteiger partial charge in [0.15, 0.2) is 5.82 Å². The Bertz CT molecular complexity index is 931. The number of hydrogen-bond donors (Lipinski definition) is 0. The second kappa shape index (κ2) is 8.43. The van der Waals surface area contributed by atoms with Gasteiger partial charge < -0.3 is 4.90 Å². The molecule has 1 fully saturated rings. The van der Waals surface area contributed by atoms with Crippen molar-refractivity contribution >= 4 is 11.4 Å². The summed E-state index contributed by atoms with van der Waals surface area (Å²) in [6.45, 7) is 1.46. The lowest BCUT2D eigenvalue weighted by molar-refractivity contribution is -0.385. The molecule has 0 bridgehead atoms. The van der Waals surface area contributed by atoms with Gasteiger partial charge >= 0.3 is 0 Å². The van der Waals surface area contributed by atoms with E-state index in [0.29, 0.717) is 17.5 Å². The molecule has 0 radical (unpaired) electrons. The molecule has 1 saturated heterocycles. The smallest absolute Gasteiger partial charge is 0.272 e. The van der Waals surface area contributed by atoms with Crippen molar-refractivity contribution in [2.75, 3.05) is 18.0 Å². The number of nitro benzene ring substituents is 1. The number of rotatable bonds is 5.